The van der Waals surface area contributed by atoms with Crippen LogP contribution in [0.3, 0.4) is 0 Å². The molecule has 3 unspecified atom stereocenters. The highest BCUT2D eigenvalue weighted by Crippen LogP contribution is 2.47. The Hall–Kier alpha value is -2.79. The van der Waals surface area contributed by atoms with E-state index in [9.17, 15) is 25.1 Å². The van der Waals surface area contributed by atoms with E-state index < -0.39 is 89.3 Å². The highest BCUT2D eigenvalue weighted by atomic mass is 16.7. The minimum absolute atomic E-state index is 0.00811. The Bertz CT molecular complexity index is 1630. The largest absolute Gasteiger partial charge is 0.462 e. The van der Waals surface area contributed by atoms with Crippen molar-refractivity contribution < 1.29 is 53.1 Å². The van der Waals surface area contributed by atoms with Gasteiger partial charge in [-0.2, -0.15) is 0 Å². The summed E-state index contributed by atoms with van der Waals surface area (Å²) in [4.78, 5) is 25.4. The van der Waals surface area contributed by atoms with E-state index >= 15 is 0 Å². The Morgan fingerprint density at radius 3 is 2.55 bits per heavy atom. The number of aliphatic hydroxyl groups is 2. The van der Waals surface area contributed by atoms with Crippen LogP contribution in [-0.4, -0.2) is 113 Å². The number of esters is 1. The molecule has 6 aliphatic rings. The van der Waals surface area contributed by atoms with Crippen LogP contribution in [0.25, 0.3) is 0 Å². The number of carbonyl (C=O) groups is 1. The summed E-state index contributed by atoms with van der Waals surface area (Å²) in [6.07, 6.45) is 9.37. The minimum atomic E-state index is -1.85. The molecule has 6 rings (SSSR count). The Balaban J connectivity index is 1.37. The summed E-state index contributed by atoms with van der Waals surface area (Å²) in [5.41, 5.74) is 5.20. The molecule has 3 fully saturated rings. The van der Waals surface area contributed by atoms with Gasteiger partial charge in [0.15, 0.2) is 12.1 Å². The van der Waals surface area contributed by atoms with E-state index in [0.717, 1.165) is 12.0 Å². The van der Waals surface area contributed by atoms with Crippen LogP contribution in [0, 0.1) is 33.8 Å². The molecule has 14 heteroatoms. The number of nitro groups is 1. The molecule has 0 amide bonds. The van der Waals surface area contributed by atoms with Gasteiger partial charge in [-0.1, -0.05) is 70.6 Å². The van der Waals surface area contributed by atoms with E-state index in [1.165, 1.54) is 7.11 Å². The number of nitrogens with zero attached hydrogens (tertiary/aromatic N) is 1. The summed E-state index contributed by atoms with van der Waals surface area (Å²) in [5, 5.41) is 35.1. The highest BCUT2D eigenvalue weighted by Gasteiger charge is 2.60. The maximum Gasteiger partial charge on any atom is 0.316 e. The molecule has 3 saturated heterocycles. The molecule has 0 saturated carbocycles. The number of carbonyl (C=O) groups excluding carboxylic acids is 1. The van der Waals surface area contributed by atoms with E-state index in [2.05, 4.69) is 32.9 Å². The van der Waals surface area contributed by atoms with Gasteiger partial charge in [-0.15, -0.1) is 0 Å². The number of hydrogen-bond donors (Lipinski definition) is 3. The normalized spacial score (nSPS) is 47.4. The number of fused-ring (bicyclic) bond motifs is 2. The molecule has 14 nitrogen and oxygen atoms in total. The Morgan fingerprint density at radius 2 is 1.86 bits per heavy atom. The van der Waals surface area contributed by atoms with Crippen molar-refractivity contribution in [3.05, 3.63) is 69.4 Å². The third-order valence-corrected chi connectivity index (χ3v) is 13.1. The smallest absolute Gasteiger partial charge is 0.316 e. The second-order valence-electron chi connectivity index (χ2n) is 17.1. The van der Waals surface area contributed by atoms with Crippen molar-refractivity contribution in [2.45, 2.75) is 153 Å². The van der Waals surface area contributed by atoms with Crippen molar-refractivity contribution in [3.8, 4) is 0 Å². The lowest BCUT2D eigenvalue weighted by Gasteiger charge is -2.48. The van der Waals surface area contributed by atoms with Gasteiger partial charge >= 0.3 is 5.97 Å². The maximum atomic E-state index is 14.3. The molecule has 0 aromatic rings. The average molecular weight is 787 g/mol. The Labute approximate surface area is 330 Å². The van der Waals surface area contributed by atoms with E-state index in [0.29, 0.717) is 24.0 Å². The second-order valence-corrected chi connectivity index (χ2v) is 17.1. The molecular weight excluding hydrogens is 724 g/mol. The zero-order valence-corrected chi connectivity index (χ0v) is 34.0. The number of nitrogens with two attached hydrogens (primary N) is 1. The van der Waals surface area contributed by atoms with Crippen LogP contribution in [-0.2, 0) is 38.0 Å². The molecule has 2 bridgehead atoms. The summed E-state index contributed by atoms with van der Waals surface area (Å²) in [6, 6.07) is 0. The molecule has 1 spiro atoms. The van der Waals surface area contributed by atoms with E-state index in [-0.39, 0.29) is 43.3 Å². The Kier molecular flexibility index (Phi) is 12.9. The fourth-order valence-corrected chi connectivity index (χ4v) is 9.46. The van der Waals surface area contributed by atoms with Crippen molar-refractivity contribution in [1.29, 1.82) is 0 Å². The molecule has 312 valence electrons. The number of rotatable bonds is 7. The van der Waals surface area contributed by atoms with Gasteiger partial charge in [0, 0.05) is 43.1 Å². The molecule has 56 heavy (non-hydrogen) atoms. The van der Waals surface area contributed by atoms with Gasteiger partial charge < -0.3 is 49.1 Å². The summed E-state index contributed by atoms with van der Waals surface area (Å²) in [5.74, 6) is -2.70. The summed E-state index contributed by atoms with van der Waals surface area (Å²) >= 11 is 0. The van der Waals surface area contributed by atoms with Gasteiger partial charge in [0.25, 0.3) is 0 Å². The Morgan fingerprint density at radius 1 is 1.11 bits per heavy atom. The predicted molar refractivity (Wildman–Crippen MR) is 205 cm³/mol. The number of hydrogen-bond acceptors (Lipinski definition) is 13. The third kappa shape index (κ3) is 8.23. The number of aliphatic hydroxyl groups excluding tert-OH is 1. The van der Waals surface area contributed by atoms with E-state index in [1.807, 2.05) is 26.0 Å². The first-order valence-corrected chi connectivity index (χ1v) is 20.2. The van der Waals surface area contributed by atoms with Crippen LogP contribution < -0.4 is 5.73 Å². The van der Waals surface area contributed by atoms with E-state index in [4.69, 9.17) is 38.9 Å². The molecule has 5 heterocycles. The average Bonchev–Trinajstić information content (AvgIpc) is 3.48. The lowest BCUT2D eigenvalue weighted by molar-refractivity contribution is -0.498. The van der Waals surface area contributed by atoms with Crippen molar-refractivity contribution in [2.24, 2.45) is 29.4 Å². The van der Waals surface area contributed by atoms with Gasteiger partial charge in [-0.25, -0.2) is 0 Å². The van der Waals surface area contributed by atoms with Gasteiger partial charge in [-0.3, -0.25) is 14.9 Å². The number of methoxy groups -OCH3 is 1. The number of allylic oxidation sites excluding steroid dienone is 2. The van der Waals surface area contributed by atoms with Crippen LogP contribution in [0.1, 0.15) is 80.6 Å². The quantitative estimate of drug-likeness (QED) is 0.142. The van der Waals surface area contributed by atoms with Crippen LogP contribution in [0.15, 0.2) is 59.3 Å². The fraction of sp³-hybridized carbons (Fsp3) is 0.738. The maximum absolute atomic E-state index is 14.3. The minimum Gasteiger partial charge on any atom is -0.462 e. The highest BCUT2D eigenvalue weighted by molar-refractivity contribution is 5.78. The zero-order chi connectivity index (χ0) is 40.7. The van der Waals surface area contributed by atoms with Crippen LogP contribution in [0.4, 0.5) is 0 Å². The predicted octanol–water partition coefficient (Wildman–Crippen LogP) is 4.46. The molecular formula is C42H62N2O12. The first-order chi connectivity index (χ1) is 26.4. The van der Waals surface area contributed by atoms with Gasteiger partial charge in [0.1, 0.15) is 35.4 Å². The molecule has 0 aromatic carbocycles. The standard InChI is InChI=1S/C42H62N2O12/c1-9-23(2)37-26(5)15-16-40(56-37)20-31-18-30(55-40)14-13-25(4)36(54-34-19-33(50-8)41(43,22-44(48)49)28(7)52-34)24(3)11-10-12-29-21-51-38-35(45)27(6)17-32(39(46)53-31)42(29,38)47/h10-13,15-17,23-24,26,28,30-38,45,47H,9,14,18-22,43H2,1-8H3/b11-10+,25-13+,29-12+/t23?,24?,26-,28-,30+,31-,32-,33-,34-,35+,36-,37+,38+,40+,41?,42+/m0/s1. The van der Waals surface area contributed by atoms with Crippen LogP contribution in [0.5, 0.6) is 0 Å². The molecule has 4 N–H and O–H groups in total. The number of ether oxygens (including phenoxy) is 7. The second kappa shape index (κ2) is 16.8. The van der Waals surface area contributed by atoms with Crippen LogP contribution >= 0.6 is 0 Å². The molecule has 0 aromatic heterocycles. The van der Waals surface area contributed by atoms with Crippen molar-refractivity contribution in [2.75, 3.05) is 20.3 Å². The third-order valence-electron chi connectivity index (χ3n) is 13.1. The summed E-state index contributed by atoms with van der Waals surface area (Å²) in [7, 11) is 1.48. The molecule has 5 aliphatic heterocycles. The van der Waals surface area contributed by atoms with Gasteiger partial charge in [-0.05, 0) is 55.9 Å². The van der Waals surface area contributed by atoms with Crippen molar-refractivity contribution >= 4 is 5.97 Å². The van der Waals surface area contributed by atoms with Gasteiger partial charge in [0.2, 0.25) is 6.54 Å². The zero-order valence-electron chi connectivity index (χ0n) is 34.0. The molecule has 16 atom stereocenters. The molecule has 1 aliphatic carbocycles. The van der Waals surface area contributed by atoms with Gasteiger partial charge in [0.05, 0.1) is 37.1 Å². The van der Waals surface area contributed by atoms with Crippen LogP contribution in [0.2, 0.25) is 0 Å². The summed E-state index contributed by atoms with van der Waals surface area (Å²) < 4.78 is 44.6. The molecule has 0 radical (unpaired) electrons. The van der Waals surface area contributed by atoms with Crippen molar-refractivity contribution in [1.82, 2.24) is 0 Å². The topological polar surface area (TPSA) is 191 Å². The summed E-state index contributed by atoms with van der Waals surface area (Å²) in [6.45, 7) is 13.3. The lowest BCUT2D eigenvalue weighted by atomic mass is 9.71. The van der Waals surface area contributed by atoms with Crippen molar-refractivity contribution in [3.63, 3.8) is 0 Å². The SMILES string of the molecule is CCC(C)[C@H]1O[C@]2(C=C[C@@H]1C)C[C@@H]1C[C@@H](C/C=C(\C)[C@@H](O[C@H]3C[C@H](OC)C(N)(C[N+](=O)[O-])[C@H](C)O3)C(C)/C=C/C=C3\CO[C@@H]4[C@H](O)C(C)=C[C@@H](C(=O)O1)[C@]34O)O2. The first kappa shape index (κ1) is 42.8. The van der Waals surface area contributed by atoms with E-state index in [1.54, 1.807) is 32.1 Å². The lowest BCUT2D eigenvalue weighted by Crippen LogP contribution is -2.68. The first-order valence-electron chi connectivity index (χ1n) is 20.2. The fourth-order valence-electron chi connectivity index (χ4n) is 9.46. The monoisotopic (exact) mass is 786 g/mol.